The molecule has 0 saturated heterocycles. The monoisotopic (exact) mass is 288 g/mol. The summed E-state index contributed by atoms with van der Waals surface area (Å²) in [6, 6.07) is 0. The highest BCUT2D eigenvalue weighted by atomic mass is 127. The highest BCUT2D eigenvalue weighted by Crippen LogP contribution is 2.16. The van der Waals surface area contributed by atoms with Crippen molar-refractivity contribution in [2.24, 2.45) is 0 Å². The molecule has 0 fully saturated rings. The summed E-state index contributed by atoms with van der Waals surface area (Å²) in [6.07, 6.45) is 11.2. The molecule has 13 heavy (non-hydrogen) atoms. The molecule has 0 saturated carbocycles. The van der Waals surface area contributed by atoms with Crippen LogP contribution in [0.3, 0.4) is 0 Å². The lowest BCUT2D eigenvalue weighted by atomic mass is 10.00. The van der Waals surface area contributed by atoms with Crippen molar-refractivity contribution in [3.8, 4) is 11.8 Å². The van der Waals surface area contributed by atoms with Gasteiger partial charge in [-0.25, -0.2) is 0 Å². The number of allylic oxidation sites excluding steroid dienone is 2. The Hall–Kier alpha value is 0.0300. The fourth-order valence-corrected chi connectivity index (χ4v) is 1.97. The van der Waals surface area contributed by atoms with Crippen molar-refractivity contribution >= 4 is 22.6 Å². The summed E-state index contributed by atoms with van der Waals surface area (Å²) in [4.78, 5) is 0. The number of hydrogen-bond donors (Lipinski definition) is 0. The normalized spacial score (nSPS) is 15.9. The van der Waals surface area contributed by atoms with Gasteiger partial charge in [-0.05, 0) is 48.5 Å². The molecule has 0 spiro atoms. The van der Waals surface area contributed by atoms with E-state index in [2.05, 4.69) is 40.5 Å². The van der Waals surface area contributed by atoms with Crippen molar-refractivity contribution in [1.29, 1.82) is 0 Å². The second-order valence-corrected chi connectivity index (χ2v) is 4.50. The lowest BCUT2D eigenvalue weighted by Crippen LogP contribution is -1.88. The van der Waals surface area contributed by atoms with Gasteiger partial charge in [0.05, 0.1) is 0 Å². The second-order valence-electron chi connectivity index (χ2n) is 3.42. The molecule has 0 aliphatic heterocycles. The van der Waals surface area contributed by atoms with Crippen LogP contribution in [0.5, 0.6) is 0 Å². The molecule has 1 rings (SSSR count). The highest BCUT2D eigenvalue weighted by molar-refractivity contribution is 14.1. The Labute approximate surface area is 95.3 Å². The van der Waals surface area contributed by atoms with E-state index in [9.17, 15) is 0 Å². The first-order valence-corrected chi connectivity index (χ1v) is 6.70. The van der Waals surface area contributed by atoms with Gasteiger partial charge < -0.3 is 0 Å². The molecule has 0 aromatic carbocycles. The van der Waals surface area contributed by atoms with Crippen LogP contribution in [-0.2, 0) is 0 Å². The van der Waals surface area contributed by atoms with Gasteiger partial charge in [0.1, 0.15) is 0 Å². The maximum Gasteiger partial charge on any atom is 0.00926 e. The van der Waals surface area contributed by atoms with Gasteiger partial charge >= 0.3 is 0 Å². The predicted molar refractivity (Wildman–Crippen MR) is 67.1 cm³/mol. The van der Waals surface area contributed by atoms with E-state index < -0.39 is 0 Å². The Balaban J connectivity index is 2.17. The number of unbranched alkanes of at least 4 members (excludes halogenated alkanes) is 2. The topological polar surface area (TPSA) is 0 Å². The second kappa shape index (κ2) is 7.44. The molecule has 0 heterocycles. The fraction of sp³-hybridized carbons (Fsp3) is 0.667. The molecular formula is C12H17I. The van der Waals surface area contributed by atoms with E-state index in [1.165, 1.54) is 48.5 Å². The fourth-order valence-electron chi connectivity index (χ4n) is 1.44. The Morgan fingerprint density at radius 2 is 2.23 bits per heavy atom. The van der Waals surface area contributed by atoms with Crippen molar-refractivity contribution in [3.05, 3.63) is 11.6 Å². The van der Waals surface area contributed by atoms with E-state index >= 15 is 0 Å². The molecule has 1 aliphatic carbocycles. The van der Waals surface area contributed by atoms with Gasteiger partial charge in [0, 0.05) is 6.42 Å². The lowest BCUT2D eigenvalue weighted by molar-refractivity contribution is 0.715. The lowest BCUT2D eigenvalue weighted by Gasteiger charge is -2.05. The average molecular weight is 288 g/mol. The third-order valence-corrected chi connectivity index (χ3v) is 2.99. The molecule has 1 aliphatic rings. The van der Waals surface area contributed by atoms with Crippen molar-refractivity contribution in [3.63, 3.8) is 0 Å². The standard InChI is InChI=1S/C12H17I/c13-11-7-2-1-4-8-12-9-5-3-6-10-12/h9H,1-3,5-7,10-11H2. The van der Waals surface area contributed by atoms with E-state index in [0.717, 1.165) is 6.42 Å². The number of alkyl halides is 1. The van der Waals surface area contributed by atoms with Gasteiger partial charge in [-0.1, -0.05) is 40.5 Å². The molecule has 0 aromatic rings. The molecule has 0 radical (unpaired) electrons. The van der Waals surface area contributed by atoms with Crippen LogP contribution < -0.4 is 0 Å². The minimum atomic E-state index is 1.08. The van der Waals surface area contributed by atoms with Gasteiger partial charge in [-0.2, -0.15) is 0 Å². The third-order valence-electron chi connectivity index (χ3n) is 2.23. The molecule has 0 amide bonds. The van der Waals surface area contributed by atoms with Gasteiger partial charge in [0.25, 0.3) is 0 Å². The minimum Gasteiger partial charge on any atom is -0.0982 e. The molecule has 0 aromatic heterocycles. The number of rotatable bonds is 3. The summed E-state index contributed by atoms with van der Waals surface area (Å²) in [5, 5.41) is 0. The van der Waals surface area contributed by atoms with E-state index in [0.29, 0.717) is 0 Å². The van der Waals surface area contributed by atoms with Crippen LogP contribution >= 0.6 is 22.6 Å². The number of halogens is 1. The van der Waals surface area contributed by atoms with Crippen LogP contribution in [0.15, 0.2) is 11.6 Å². The third kappa shape index (κ3) is 5.36. The molecule has 0 bridgehead atoms. The summed E-state index contributed by atoms with van der Waals surface area (Å²) in [5.74, 6) is 6.56. The zero-order chi connectivity index (χ0) is 9.36. The van der Waals surface area contributed by atoms with Gasteiger partial charge in [0.2, 0.25) is 0 Å². The molecule has 1 heteroatoms. The van der Waals surface area contributed by atoms with Crippen LogP contribution in [0.25, 0.3) is 0 Å². The first kappa shape index (κ1) is 11.1. The van der Waals surface area contributed by atoms with Crippen LogP contribution in [0.2, 0.25) is 0 Å². The maximum atomic E-state index is 3.29. The minimum absolute atomic E-state index is 1.08. The molecule has 72 valence electrons. The van der Waals surface area contributed by atoms with Crippen LogP contribution in [0.1, 0.15) is 44.9 Å². The van der Waals surface area contributed by atoms with E-state index in [-0.39, 0.29) is 0 Å². The Morgan fingerprint density at radius 1 is 1.31 bits per heavy atom. The molecule has 0 unspecified atom stereocenters. The van der Waals surface area contributed by atoms with Crippen molar-refractivity contribution in [1.82, 2.24) is 0 Å². The first-order chi connectivity index (χ1) is 6.43. The Bertz CT molecular complexity index is 217. The molecule has 0 nitrogen and oxygen atoms in total. The summed E-state index contributed by atoms with van der Waals surface area (Å²) < 4.78 is 1.27. The quantitative estimate of drug-likeness (QED) is 0.317. The smallest absolute Gasteiger partial charge is 0.00926 e. The van der Waals surface area contributed by atoms with Gasteiger partial charge in [-0.3, -0.25) is 0 Å². The summed E-state index contributed by atoms with van der Waals surface area (Å²) in [5.41, 5.74) is 1.39. The van der Waals surface area contributed by atoms with E-state index in [1.54, 1.807) is 0 Å². The summed E-state index contributed by atoms with van der Waals surface area (Å²) in [7, 11) is 0. The number of hydrogen-bond acceptors (Lipinski definition) is 0. The SMILES string of the molecule is ICCCCC#CC1=CCCCC1. The largest absolute Gasteiger partial charge is 0.0982 e. The Morgan fingerprint density at radius 3 is 2.92 bits per heavy atom. The van der Waals surface area contributed by atoms with Gasteiger partial charge in [0.15, 0.2) is 0 Å². The van der Waals surface area contributed by atoms with Crippen LogP contribution in [0, 0.1) is 11.8 Å². The predicted octanol–water partition coefficient (Wildman–Crippen LogP) is 4.10. The summed E-state index contributed by atoms with van der Waals surface area (Å²) >= 11 is 2.42. The van der Waals surface area contributed by atoms with Crippen LogP contribution in [-0.4, -0.2) is 4.43 Å². The van der Waals surface area contributed by atoms with Crippen molar-refractivity contribution < 1.29 is 0 Å². The van der Waals surface area contributed by atoms with Crippen molar-refractivity contribution in [2.75, 3.05) is 4.43 Å². The first-order valence-electron chi connectivity index (χ1n) is 5.17. The van der Waals surface area contributed by atoms with E-state index in [4.69, 9.17) is 0 Å². The Kier molecular flexibility index (Phi) is 6.35. The zero-order valence-electron chi connectivity index (χ0n) is 8.11. The van der Waals surface area contributed by atoms with E-state index in [1.807, 2.05) is 0 Å². The average Bonchev–Trinajstić information content (AvgIpc) is 2.19. The van der Waals surface area contributed by atoms with Gasteiger partial charge in [-0.15, -0.1) is 0 Å². The summed E-state index contributed by atoms with van der Waals surface area (Å²) in [6.45, 7) is 0. The zero-order valence-corrected chi connectivity index (χ0v) is 10.3. The van der Waals surface area contributed by atoms with Crippen LogP contribution in [0.4, 0.5) is 0 Å². The maximum absolute atomic E-state index is 3.29. The molecular weight excluding hydrogens is 271 g/mol. The highest BCUT2D eigenvalue weighted by Gasteiger charge is 1.98. The molecule has 0 atom stereocenters. The molecule has 0 N–H and O–H groups in total. The van der Waals surface area contributed by atoms with Crippen molar-refractivity contribution in [2.45, 2.75) is 44.9 Å².